The molecule has 4 rings (SSSR count). The van der Waals surface area contributed by atoms with Crippen LogP contribution in [0.25, 0.3) is 11.0 Å². The minimum atomic E-state index is 0.159. The molecular weight excluding hydrogens is 290 g/mol. The lowest BCUT2D eigenvalue weighted by Crippen LogP contribution is -2.43. The van der Waals surface area contributed by atoms with Crippen LogP contribution in [0.3, 0.4) is 0 Å². The van der Waals surface area contributed by atoms with Crippen LogP contribution in [0.4, 0.5) is 0 Å². The number of hydrogen-bond acceptors (Lipinski definition) is 3. The first-order chi connectivity index (χ1) is 11.3. The number of piperidine rings is 1. The quantitative estimate of drug-likeness (QED) is 0.927. The number of amides is 1. The fourth-order valence-electron chi connectivity index (χ4n) is 3.83. The Balaban J connectivity index is 1.48. The molecule has 1 N–H and O–H groups in total. The Bertz CT molecular complexity index is 657. The number of aromatic amines is 1. The van der Waals surface area contributed by atoms with E-state index in [1.165, 1.54) is 5.69 Å². The molecule has 5 nitrogen and oxygen atoms in total. The minimum Gasteiger partial charge on any atom is -0.381 e. The molecule has 0 unspecified atom stereocenters. The van der Waals surface area contributed by atoms with Gasteiger partial charge in [-0.3, -0.25) is 4.79 Å². The van der Waals surface area contributed by atoms with Gasteiger partial charge in [-0.05, 0) is 43.9 Å². The number of pyridine rings is 1. The van der Waals surface area contributed by atoms with E-state index in [9.17, 15) is 4.79 Å². The van der Waals surface area contributed by atoms with Gasteiger partial charge < -0.3 is 14.6 Å². The molecule has 4 heterocycles. The third kappa shape index (κ3) is 2.98. The number of nitrogens with zero attached hydrogens (tertiary/aromatic N) is 2. The van der Waals surface area contributed by atoms with E-state index in [1.54, 1.807) is 0 Å². The third-order valence-electron chi connectivity index (χ3n) is 5.16. The first kappa shape index (κ1) is 14.7. The largest absolute Gasteiger partial charge is 0.381 e. The Morgan fingerprint density at radius 1 is 1.30 bits per heavy atom. The average molecular weight is 313 g/mol. The van der Waals surface area contributed by atoms with Crippen molar-refractivity contribution in [2.45, 2.75) is 31.6 Å². The molecule has 1 atom stereocenters. The van der Waals surface area contributed by atoms with Crippen molar-refractivity contribution < 1.29 is 9.53 Å². The van der Waals surface area contributed by atoms with Crippen molar-refractivity contribution in [2.75, 3.05) is 26.3 Å². The topological polar surface area (TPSA) is 58.2 Å². The lowest BCUT2D eigenvalue weighted by Gasteiger charge is -2.35. The van der Waals surface area contributed by atoms with Gasteiger partial charge in [-0.1, -0.05) is 0 Å². The van der Waals surface area contributed by atoms with Gasteiger partial charge in [0.25, 0.3) is 0 Å². The first-order valence-corrected chi connectivity index (χ1v) is 8.61. The Morgan fingerprint density at radius 2 is 2.17 bits per heavy atom. The van der Waals surface area contributed by atoms with Gasteiger partial charge in [-0.2, -0.15) is 0 Å². The summed E-state index contributed by atoms with van der Waals surface area (Å²) >= 11 is 0. The van der Waals surface area contributed by atoms with Crippen LogP contribution in [0.15, 0.2) is 24.4 Å². The van der Waals surface area contributed by atoms with Gasteiger partial charge >= 0.3 is 0 Å². The second-order valence-electron chi connectivity index (χ2n) is 6.68. The molecule has 2 aromatic rings. The van der Waals surface area contributed by atoms with E-state index >= 15 is 0 Å². The van der Waals surface area contributed by atoms with E-state index < -0.39 is 0 Å². The summed E-state index contributed by atoms with van der Waals surface area (Å²) in [5.74, 6) is 0.876. The fraction of sp³-hybridized carbons (Fsp3) is 0.556. The van der Waals surface area contributed by atoms with Gasteiger partial charge in [0.15, 0.2) is 0 Å². The molecule has 2 saturated heterocycles. The standard InChI is InChI=1S/C18H23N3O2/c22-18(13-5-9-23-10-6-13)21-8-2-4-15(12-21)16-11-14-3-1-7-19-17(14)20-16/h1,3,7,11,13,15H,2,4-6,8-10,12H2,(H,19,20)/t15-/m1/s1. The zero-order valence-electron chi connectivity index (χ0n) is 13.3. The Labute approximate surface area is 136 Å². The zero-order valence-corrected chi connectivity index (χ0v) is 13.3. The molecule has 0 bridgehead atoms. The normalized spacial score (nSPS) is 23.3. The van der Waals surface area contributed by atoms with Gasteiger partial charge in [-0.25, -0.2) is 4.98 Å². The lowest BCUT2D eigenvalue weighted by molar-refractivity contribution is -0.139. The van der Waals surface area contributed by atoms with E-state index in [1.807, 2.05) is 12.3 Å². The number of aromatic nitrogens is 2. The monoisotopic (exact) mass is 313 g/mol. The summed E-state index contributed by atoms with van der Waals surface area (Å²) in [6.07, 6.45) is 5.75. The van der Waals surface area contributed by atoms with Crippen LogP contribution >= 0.6 is 0 Å². The molecule has 122 valence electrons. The number of carbonyl (C=O) groups is 1. The molecule has 2 aromatic heterocycles. The van der Waals surface area contributed by atoms with Gasteiger partial charge in [0.05, 0.1) is 0 Å². The molecule has 0 aromatic carbocycles. The summed E-state index contributed by atoms with van der Waals surface area (Å²) in [7, 11) is 0. The predicted molar refractivity (Wildman–Crippen MR) is 88.2 cm³/mol. The Hall–Kier alpha value is -1.88. The number of fused-ring (bicyclic) bond motifs is 1. The van der Waals surface area contributed by atoms with E-state index in [4.69, 9.17) is 4.74 Å². The molecule has 2 aliphatic rings. The SMILES string of the molecule is O=C(C1CCOCC1)N1CCC[C@@H](c2cc3cccnc3[nH]2)C1. The summed E-state index contributed by atoms with van der Waals surface area (Å²) in [4.78, 5) is 22.6. The van der Waals surface area contributed by atoms with Gasteiger partial charge in [0.1, 0.15) is 5.65 Å². The van der Waals surface area contributed by atoms with Crippen molar-refractivity contribution in [1.29, 1.82) is 0 Å². The molecule has 0 radical (unpaired) electrons. The van der Waals surface area contributed by atoms with Gasteiger partial charge in [0, 0.05) is 55.4 Å². The van der Waals surface area contributed by atoms with Crippen LogP contribution in [0.5, 0.6) is 0 Å². The van der Waals surface area contributed by atoms with Crippen LogP contribution < -0.4 is 0 Å². The number of nitrogens with one attached hydrogen (secondary N) is 1. The smallest absolute Gasteiger partial charge is 0.225 e. The van der Waals surface area contributed by atoms with E-state index in [-0.39, 0.29) is 5.92 Å². The Kier molecular flexibility index (Phi) is 4.04. The van der Waals surface area contributed by atoms with Crippen LogP contribution in [0.1, 0.15) is 37.3 Å². The highest BCUT2D eigenvalue weighted by Crippen LogP contribution is 2.30. The van der Waals surface area contributed by atoms with Crippen LogP contribution in [0.2, 0.25) is 0 Å². The zero-order chi connectivity index (χ0) is 15.6. The van der Waals surface area contributed by atoms with Crippen molar-refractivity contribution >= 4 is 16.9 Å². The number of ether oxygens (including phenoxy) is 1. The van der Waals surface area contributed by atoms with Crippen LogP contribution in [0, 0.1) is 5.92 Å². The highest BCUT2D eigenvalue weighted by atomic mass is 16.5. The van der Waals surface area contributed by atoms with E-state index in [0.717, 1.165) is 63.0 Å². The lowest BCUT2D eigenvalue weighted by atomic mass is 9.92. The molecular formula is C18H23N3O2. The molecule has 5 heteroatoms. The van der Waals surface area contributed by atoms with Gasteiger partial charge in [0.2, 0.25) is 5.91 Å². The van der Waals surface area contributed by atoms with Crippen molar-refractivity contribution in [3.63, 3.8) is 0 Å². The summed E-state index contributed by atoms with van der Waals surface area (Å²) < 4.78 is 5.38. The maximum absolute atomic E-state index is 12.7. The van der Waals surface area contributed by atoms with Crippen molar-refractivity contribution in [3.05, 3.63) is 30.1 Å². The molecule has 2 fully saturated rings. The molecule has 2 aliphatic heterocycles. The predicted octanol–water partition coefficient (Wildman–Crippen LogP) is 2.70. The average Bonchev–Trinajstić information content (AvgIpc) is 3.06. The number of likely N-dealkylation sites (tertiary alicyclic amines) is 1. The maximum atomic E-state index is 12.7. The summed E-state index contributed by atoms with van der Waals surface area (Å²) in [5.41, 5.74) is 2.15. The minimum absolute atomic E-state index is 0.159. The van der Waals surface area contributed by atoms with E-state index in [0.29, 0.717) is 11.8 Å². The highest BCUT2D eigenvalue weighted by Gasteiger charge is 2.31. The van der Waals surface area contributed by atoms with Crippen molar-refractivity contribution in [2.24, 2.45) is 5.92 Å². The first-order valence-electron chi connectivity index (χ1n) is 8.61. The van der Waals surface area contributed by atoms with E-state index in [2.05, 4.69) is 27.0 Å². The van der Waals surface area contributed by atoms with Crippen LogP contribution in [-0.2, 0) is 9.53 Å². The summed E-state index contributed by atoms with van der Waals surface area (Å²) in [6.45, 7) is 3.16. The number of hydrogen-bond donors (Lipinski definition) is 1. The number of carbonyl (C=O) groups excluding carboxylic acids is 1. The van der Waals surface area contributed by atoms with Crippen molar-refractivity contribution in [1.82, 2.24) is 14.9 Å². The number of H-pyrrole nitrogens is 1. The number of rotatable bonds is 2. The third-order valence-corrected chi connectivity index (χ3v) is 5.16. The molecule has 0 spiro atoms. The molecule has 0 aliphatic carbocycles. The Morgan fingerprint density at radius 3 is 3.00 bits per heavy atom. The molecule has 23 heavy (non-hydrogen) atoms. The summed E-state index contributed by atoms with van der Waals surface area (Å²) in [5, 5.41) is 1.15. The highest BCUT2D eigenvalue weighted by molar-refractivity contribution is 5.79. The molecule has 1 amide bonds. The molecule has 0 saturated carbocycles. The van der Waals surface area contributed by atoms with Crippen LogP contribution in [-0.4, -0.2) is 47.1 Å². The second kappa shape index (κ2) is 6.32. The fourth-order valence-corrected chi connectivity index (χ4v) is 3.83. The van der Waals surface area contributed by atoms with Crippen molar-refractivity contribution in [3.8, 4) is 0 Å². The summed E-state index contributed by atoms with van der Waals surface area (Å²) in [6, 6.07) is 6.23. The maximum Gasteiger partial charge on any atom is 0.225 e. The van der Waals surface area contributed by atoms with Gasteiger partial charge in [-0.15, -0.1) is 0 Å². The second-order valence-corrected chi connectivity index (χ2v) is 6.68.